The van der Waals surface area contributed by atoms with Crippen molar-refractivity contribution in [1.29, 1.82) is 0 Å². The van der Waals surface area contributed by atoms with Gasteiger partial charge in [-0.25, -0.2) is 4.98 Å². The fourth-order valence-electron chi connectivity index (χ4n) is 3.53. The Balaban J connectivity index is 1.46. The van der Waals surface area contributed by atoms with Crippen molar-refractivity contribution >= 4 is 28.5 Å². The Kier molecular flexibility index (Phi) is 4.45. The van der Waals surface area contributed by atoms with E-state index in [0.717, 1.165) is 53.3 Å². The predicted molar refractivity (Wildman–Crippen MR) is 99.6 cm³/mol. The smallest absolute Gasteiger partial charge is 0.223 e. The van der Waals surface area contributed by atoms with Gasteiger partial charge in [-0.05, 0) is 49.1 Å². The zero-order valence-electron chi connectivity index (χ0n) is 13.9. The first-order chi connectivity index (χ1) is 12.2. The van der Waals surface area contributed by atoms with E-state index in [1.165, 1.54) is 0 Å². The molecule has 4 rings (SSSR count). The van der Waals surface area contributed by atoms with E-state index in [4.69, 9.17) is 16.6 Å². The monoisotopic (exact) mass is 353 g/mol. The molecule has 2 aromatic carbocycles. The second-order valence-electron chi connectivity index (χ2n) is 6.51. The summed E-state index contributed by atoms with van der Waals surface area (Å²) in [5.41, 5.74) is 3.12. The molecule has 1 aliphatic rings. The number of halogens is 1. The number of nitrogens with one attached hydrogen (secondary N) is 1. The van der Waals surface area contributed by atoms with Gasteiger partial charge in [-0.1, -0.05) is 35.9 Å². The predicted octanol–water partition coefficient (Wildman–Crippen LogP) is 4.51. The zero-order chi connectivity index (χ0) is 17.2. The Bertz CT molecular complexity index is 854. The highest BCUT2D eigenvalue weighted by atomic mass is 35.5. The molecular formula is C20H20ClN3O. The van der Waals surface area contributed by atoms with Gasteiger partial charge in [0.2, 0.25) is 5.91 Å². The number of para-hydroxylation sites is 2. The second-order valence-corrected chi connectivity index (χ2v) is 6.95. The summed E-state index contributed by atoms with van der Waals surface area (Å²) in [4.78, 5) is 22.8. The lowest BCUT2D eigenvalue weighted by atomic mass is 10.1. The van der Waals surface area contributed by atoms with Crippen LogP contribution in [0.1, 0.15) is 36.7 Å². The summed E-state index contributed by atoms with van der Waals surface area (Å²) < 4.78 is 0. The van der Waals surface area contributed by atoms with Gasteiger partial charge in [-0.15, -0.1) is 0 Å². The third-order valence-electron chi connectivity index (χ3n) is 4.84. The van der Waals surface area contributed by atoms with Crippen LogP contribution in [0.2, 0.25) is 5.02 Å². The van der Waals surface area contributed by atoms with Crippen molar-refractivity contribution in [3.63, 3.8) is 0 Å². The highest BCUT2D eigenvalue weighted by molar-refractivity contribution is 6.30. The molecule has 128 valence electrons. The van der Waals surface area contributed by atoms with Crippen molar-refractivity contribution in [3.8, 4) is 0 Å². The van der Waals surface area contributed by atoms with Crippen molar-refractivity contribution in [2.75, 3.05) is 6.54 Å². The lowest BCUT2D eigenvalue weighted by Gasteiger charge is -2.23. The largest absolute Gasteiger partial charge is 0.340 e. The van der Waals surface area contributed by atoms with Crippen LogP contribution in [0.5, 0.6) is 0 Å². The van der Waals surface area contributed by atoms with Crippen LogP contribution in [0.4, 0.5) is 0 Å². The minimum absolute atomic E-state index is 0.0603. The fraction of sp³-hybridized carbons (Fsp3) is 0.300. The SMILES string of the molecule is O=C(CCc1ccc(Cl)cc1)N1CCCC1c1nc2ccccc2[nH]1. The number of nitrogens with zero attached hydrogens (tertiary/aromatic N) is 2. The molecule has 25 heavy (non-hydrogen) atoms. The zero-order valence-corrected chi connectivity index (χ0v) is 14.7. The highest BCUT2D eigenvalue weighted by Gasteiger charge is 2.31. The van der Waals surface area contributed by atoms with E-state index in [1.807, 2.05) is 53.4 Å². The minimum Gasteiger partial charge on any atom is -0.340 e. The van der Waals surface area contributed by atoms with Gasteiger partial charge in [-0.2, -0.15) is 0 Å². The van der Waals surface area contributed by atoms with E-state index >= 15 is 0 Å². The van der Waals surface area contributed by atoms with Crippen molar-refractivity contribution in [3.05, 3.63) is 64.9 Å². The van der Waals surface area contributed by atoms with Crippen LogP contribution in [0, 0.1) is 0 Å². The van der Waals surface area contributed by atoms with Crippen molar-refractivity contribution < 1.29 is 4.79 Å². The van der Waals surface area contributed by atoms with Gasteiger partial charge in [0.25, 0.3) is 0 Å². The van der Waals surface area contributed by atoms with Crippen LogP contribution in [0.3, 0.4) is 0 Å². The van der Waals surface area contributed by atoms with E-state index in [1.54, 1.807) is 0 Å². The maximum Gasteiger partial charge on any atom is 0.223 e. The first-order valence-electron chi connectivity index (χ1n) is 8.69. The molecule has 0 saturated carbocycles. The summed E-state index contributed by atoms with van der Waals surface area (Å²) in [6.07, 6.45) is 3.23. The standard InChI is InChI=1S/C20H20ClN3O/c21-15-10-7-14(8-11-15)9-12-19(25)24-13-3-6-18(24)20-22-16-4-1-2-5-17(16)23-20/h1-2,4-5,7-8,10-11,18H,3,6,9,12-13H2,(H,22,23). The Labute approximate surface area is 151 Å². The topological polar surface area (TPSA) is 49.0 Å². The number of imidazole rings is 1. The minimum atomic E-state index is 0.0603. The van der Waals surface area contributed by atoms with Crippen LogP contribution in [-0.4, -0.2) is 27.3 Å². The molecule has 1 N–H and O–H groups in total. The number of amides is 1. The van der Waals surface area contributed by atoms with Crippen LogP contribution < -0.4 is 0 Å². The molecule has 5 heteroatoms. The number of carbonyl (C=O) groups is 1. The second kappa shape index (κ2) is 6.89. The number of rotatable bonds is 4. The lowest BCUT2D eigenvalue weighted by molar-refractivity contribution is -0.132. The number of benzene rings is 2. The van der Waals surface area contributed by atoms with E-state index in [0.29, 0.717) is 6.42 Å². The van der Waals surface area contributed by atoms with E-state index in [-0.39, 0.29) is 11.9 Å². The van der Waals surface area contributed by atoms with Gasteiger partial charge in [0.05, 0.1) is 17.1 Å². The maximum atomic E-state index is 12.7. The quantitative estimate of drug-likeness (QED) is 0.750. The number of hydrogen-bond donors (Lipinski definition) is 1. The van der Waals surface area contributed by atoms with E-state index < -0.39 is 0 Å². The summed E-state index contributed by atoms with van der Waals surface area (Å²) >= 11 is 5.91. The number of aryl methyl sites for hydroxylation is 1. The molecule has 0 aliphatic carbocycles. The summed E-state index contributed by atoms with van der Waals surface area (Å²) in [5, 5.41) is 0.722. The average molecular weight is 354 g/mol. The van der Waals surface area contributed by atoms with Gasteiger partial charge < -0.3 is 9.88 Å². The van der Waals surface area contributed by atoms with Crippen LogP contribution in [0.25, 0.3) is 11.0 Å². The van der Waals surface area contributed by atoms with Crippen molar-refractivity contribution in [2.24, 2.45) is 0 Å². The summed E-state index contributed by atoms with van der Waals surface area (Å²) in [5.74, 6) is 1.09. The molecule has 0 spiro atoms. The molecule has 1 fully saturated rings. The Morgan fingerprint density at radius 2 is 2.00 bits per heavy atom. The molecule has 1 atom stereocenters. The Morgan fingerprint density at radius 1 is 1.20 bits per heavy atom. The van der Waals surface area contributed by atoms with E-state index in [2.05, 4.69) is 4.98 Å². The number of aromatic nitrogens is 2. The summed E-state index contributed by atoms with van der Waals surface area (Å²) in [7, 11) is 0. The maximum absolute atomic E-state index is 12.7. The lowest BCUT2D eigenvalue weighted by Crippen LogP contribution is -2.31. The normalized spacial score (nSPS) is 17.3. The molecule has 4 nitrogen and oxygen atoms in total. The average Bonchev–Trinajstić information content (AvgIpc) is 3.27. The molecule has 1 aliphatic heterocycles. The number of likely N-dealkylation sites (tertiary alicyclic amines) is 1. The van der Waals surface area contributed by atoms with Crippen molar-refractivity contribution in [1.82, 2.24) is 14.9 Å². The molecule has 1 amide bonds. The highest BCUT2D eigenvalue weighted by Crippen LogP contribution is 2.32. The molecule has 3 aromatic rings. The molecule has 1 unspecified atom stereocenters. The van der Waals surface area contributed by atoms with Gasteiger partial charge in [0, 0.05) is 18.0 Å². The number of fused-ring (bicyclic) bond motifs is 1. The Hall–Kier alpha value is -2.33. The summed E-state index contributed by atoms with van der Waals surface area (Å²) in [6.45, 7) is 0.807. The fourth-order valence-corrected chi connectivity index (χ4v) is 3.65. The third kappa shape index (κ3) is 3.40. The number of H-pyrrole nitrogens is 1. The molecular weight excluding hydrogens is 334 g/mol. The summed E-state index contributed by atoms with van der Waals surface area (Å²) in [6, 6.07) is 15.8. The molecule has 1 saturated heterocycles. The van der Waals surface area contributed by atoms with Crippen LogP contribution in [-0.2, 0) is 11.2 Å². The molecule has 0 bridgehead atoms. The van der Waals surface area contributed by atoms with Crippen LogP contribution in [0.15, 0.2) is 48.5 Å². The third-order valence-corrected chi connectivity index (χ3v) is 5.09. The van der Waals surface area contributed by atoms with Gasteiger partial charge in [0.15, 0.2) is 0 Å². The van der Waals surface area contributed by atoms with Crippen molar-refractivity contribution in [2.45, 2.75) is 31.7 Å². The van der Waals surface area contributed by atoms with Gasteiger partial charge in [-0.3, -0.25) is 4.79 Å². The van der Waals surface area contributed by atoms with Crippen LogP contribution >= 0.6 is 11.6 Å². The molecule has 2 heterocycles. The molecule has 1 aromatic heterocycles. The van der Waals surface area contributed by atoms with E-state index in [9.17, 15) is 4.79 Å². The number of carbonyl (C=O) groups excluding carboxylic acids is 1. The Morgan fingerprint density at radius 3 is 2.80 bits per heavy atom. The molecule has 0 radical (unpaired) electrons. The van der Waals surface area contributed by atoms with Gasteiger partial charge >= 0.3 is 0 Å². The first kappa shape index (κ1) is 16.2. The number of aromatic amines is 1. The van der Waals surface area contributed by atoms with Gasteiger partial charge in [0.1, 0.15) is 5.82 Å². The first-order valence-corrected chi connectivity index (χ1v) is 9.07. The number of hydrogen-bond acceptors (Lipinski definition) is 2.